The number of phosphoric acid groups is 1. The van der Waals surface area contributed by atoms with E-state index in [4.69, 9.17) is 19.5 Å². The number of aliphatic hydroxyl groups excluding tert-OH is 1. The monoisotopic (exact) mass is 509 g/mol. The highest BCUT2D eigenvalue weighted by Crippen LogP contribution is 2.50. The topological polar surface area (TPSA) is 191 Å². The molecule has 6 rings (SSSR count). The van der Waals surface area contributed by atoms with E-state index < -0.39 is 37.9 Å². The van der Waals surface area contributed by atoms with Crippen molar-refractivity contribution in [2.45, 2.75) is 34.0 Å². The van der Waals surface area contributed by atoms with Crippen LogP contribution >= 0.6 is 30.9 Å². The van der Waals surface area contributed by atoms with Gasteiger partial charge in [-0.25, -0.2) is 9.97 Å². The lowest BCUT2D eigenvalue weighted by atomic mass is 10.1. The summed E-state index contributed by atoms with van der Waals surface area (Å²) in [6.07, 6.45) is -4.64. The Hall–Kier alpha value is -2.36. The number of nitrogens with zero attached hydrogens (tertiary/aromatic N) is 4. The predicted molar refractivity (Wildman–Crippen MR) is 115 cm³/mol. The normalized spacial score (nSPS) is 29.6. The van der Waals surface area contributed by atoms with E-state index in [1.54, 1.807) is 0 Å². The third kappa shape index (κ3) is 3.57. The van der Waals surface area contributed by atoms with Gasteiger partial charge in [0.25, 0.3) is 13.4 Å². The molecule has 0 radical (unpaired) electrons. The Morgan fingerprint density at radius 2 is 2.15 bits per heavy atom. The number of para-hydroxylation sites is 1. The van der Waals surface area contributed by atoms with Gasteiger partial charge in [-0.05, 0) is 23.9 Å². The average Bonchev–Trinajstić information content (AvgIpc) is 3.41. The second-order valence-corrected chi connectivity index (χ2v) is 10.9. The largest absolute Gasteiger partial charge is 0.756 e. The average molecular weight is 509 g/mol. The van der Waals surface area contributed by atoms with E-state index in [0.29, 0.717) is 4.34 Å². The summed E-state index contributed by atoms with van der Waals surface area (Å²) in [5, 5.41) is 11.2. The molecule has 33 heavy (non-hydrogen) atoms. The zero-order valence-electron chi connectivity index (χ0n) is 16.4. The van der Waals surface area contributed by atoms with Gasteiger partial charge in [0, 0.05) is 0 Å². The fourth-order valence-corrected chi connectivity index (χ4v) is 6.83. The second-order valence-electron chi connectivity index (χ2n) is 7.31. The first kappa shape index (κ1) is 21.2. The minimum absolute atomic E-state index is 0.0230. The summed E-state index contributed by atoms with van der Waals surface area (Å²) in [7, 11) is -4.56. The van der Waals surface area contributed by atoms with Crippen molar-refractivity contribution < 1.29 is 28.3 Å². The predicted octanol–water partition coefficient (Wildman–Crippen LogP) is 0.605. The molecule has 0 aliphatic carbocycles. The molecule has 16 heteroatoms. The molecule has 4 aromatic rings. The highest BCUT2D eigenvalue weighted by atomic mass is 32.2. The first-order valence-electron chi connectivity index (χ1n) is 9.58. The fourth-order valence-electron chi connectivity index (χ4n) is 3.80. The van der Waals surface area contributed by atoms with E-state index in [-0.39, 0.29) is 28.9 Å². The number of phosphoric ester groups is 1. The molecule has 0 bridgehead atoms. The number of rotatable bonds is 3. The molecule has 0 amide bonds. The number of nitrogens with two attached hydrogens (primary N) is 1. The molecule has 13 nitrogen and oxygen atoms in total. The Morgan fingerprint density at radius 1 is 1.33 bits per heavy atom. The van der Waals surface area contributed by atoms with Crippen LogP contribution in [0.4, 0.5) is 5.95 Å². The minimum atomic E-state index is -4.56. The van der Waals surface area contributed by atoms with Crippen LogP contribution in [0, 0.1) is 0 Å². The van der Waals surface area contributed by atoms with Crippen LogP contribution in [0.2, 0.25) is 0 Å². The van der Waals surface area contributed by atoms with Gasteiger partial charge in [-0.2, -0.15) is 4.98 Å². The number of benzene rings is 1. The summed E-state index contributed by atoms with van der Waals surface area (Å²) in [4.78, 5) is 39.8. The van der Waals surface area contributed by atoms with Gasteiger partial charge in [0.05, 0.1) is 16.8 Å². The van der Waals surface area contributed by atoms with Crippen molar-refractivity contribution in [1.82, 2.24) is 24.5 Å². The summed E-state index contributed by atoms with van der Waals surface area (Å²) >= 11 is 2.57. The van der Waals surface area contributed by atoms with Crippen LogP contribution in [0.5, 0.6) is 0 Å². The molecule has 5 heterocycles. The van der Waals surface area contributed by atoms with Gasteiger partial charge >= 0.3 is 0 Å². The lowest BCUT2D eigenvalue weighted by Crippen LogP contribution is -2.41. The summed E-state index contributed by atoms with van der Waals surface area (Å²) in [5.41, 5.74) is 6.01. The van der Waals surface area contributed by atoms with Crippen LogP contribution < -0.4 is 16.2 Å². The smallest absolute Gasteiger partial charge is 0.280 e. The van der Waals surface area contributed by atoms with Crippen molar-refractivity contribution in [3.63, 3.8) is 0 Å². The highest BCUT2D eigenvalue weighted by Gasteiger charge is 2.51. The molecule has 2 fully saturated rings. The van der Waals surface area contributed by atoms with Crippen LogP contribution in [0.1, 0.15) is 6.23 Å². The van der Waals surface area contributed by atoms with Gasteiger partial charge in [0.1, 0.15) is 18.3 Å². The first-order chi connectivity index (χ1) is 15.8. The third-order valence-electron chi connectivity index (χ3n) is 5.20. The van der Waals surface area contributed by atoms with E-state index in [1.807, 2.05) is 24.3 Å². The van der Waals surface area contributed by atoms with Crippen LogP contribution in [0.25, 0.3) is 21.4 Å². The molecule has 5 atom stereocenters. The molecular weight excluding hydrogens is 495 g/mol. The zero-order chi connectivity index (χ0) is 22.9. The van der Waals surface area contributed by atoms with Crippen LogP contribution in [-0.2, 0) is 18.3 Å². The molecule has 2 aliphatic rings. The maximum Gasteiger partial charge on any atom is 0.280 e. The Morgan fingerprint density at radius 3 is 2.97 bits per heavy atom. The fraction of sp³-hybridized carbons (Fsp3) is 0.294. The quantitative estimate of drug-likeness (QED) is 0.327. The van der Waals surface area contributed by atoms with Gasteiger partial charge in [0.15, 0.2) is 26.9 Å². The van der Waals surface area contributed by atoms with E-state index in [0.717, 1.165) is 22.0 Å². The van der Waals surface area contributed by atoms with E-state index >= 15 is 0 Å². The summed E-state index contributed by atoms with van der Waals surface area (Å²) < 4.78 is 30.2. The molecule has 3 aromatic heterocycles. The molecule has 172 valence electrons. The minimum Gasteiger partial charge on any atom is -0.756 e. The molecule has 3 unspecified atom stereocenters. The molecule has 0 saturated carbocycles. The van der Waals surface area contributed by atoms with Crippen molar-refractivity contribution in [2.24, 2.45) is 0 Å². The number of thiazole rings is 1. The molecule has 1 aromatic carbocycles. The van der Waals surface area contributed by atoms with Gasteiger partial charge in [0.2, 0.25) is 5.95 Å². The Labute approximate surface area is 192 Å². The SMILES string of the molecule is Nc1nc2c(nc(Sc3nc4ccccc4s3)n2[C@@H]2OC3COP(=O)([O-])O[C@H]3C2O)c(=O)[nH]1. The van der Waals surface area contributed by atoms with Crippen molar-refractivity contribution in [3.8, 4) is 0 Å². The number of imidazole rings is 1. The summed E-state index contributed by atoms with van der Waals surface area (Å²) in [6.45, 7) is -0.317. The first-order valence-corrected chi connectivity index (χ1v) is 12.7. The van der Waals surface area contributed by atoms with Crippen molar-refractivity contribution in [2.75, 3.05) is 12.3 Å². The van der Waals surface area contributed by atoms with Crippen LogP contribution in [0.3, 0.4) is 0 Å². The van der Waals surface area contributed by atoms with Crippen molar-refractivity contribution in [3.05, 3.63) is 34.6 Å². The second kappa shape index (κ2) is 7.58. The van der Waals surface area contributed by atoms with E-state index in [9.17, 15) is 19.4 Å². The number of aromatic nitrogens is 5. The number of aliphatic hydroxyl groups is 1. The van der Waals surface area contributed by atoms with Gasteiger partial charge < -0.3 is 29.5 Å². The highest BCUT2D eigenvalue weighted by molar-refractivity contribution is 8.01. The molecule has 2 saturated heterocycles. The number of nitrogens with one attached hydrogen (secondary N) is 1. The number of hydrogen-bond acceptors (Lipinski definition) is 13. The van der Waals surface area contributed by atoms with Crippen molar-refractivity contribution in [1.29, 1.82) is 0 Å². The van der Waals surface area contributed by atoms with E-state index in [2.05, 4.69) is 19.9 Å². The molecule has 0 spiro atoms. The standard InChI is InChI=1S/C17H15N6O7PS2/c18-15-21-12-9(13(25)22-15)20-16(33-17-19-6-3-1-2-4-8(6)32-17)23(12)14-10(24)11-7(29-14)5-28-31(26,27)30-11/h1-4,7,10-11,14,24H,5H2,(H,26,27)(H3,18,21,22,25)/p-1/t7?,10?,11-,14-/m1/s1. The van der Waals surface area contributed by atoms with Crippen LogP contribution in [0.15, 0.2) is 38.6 Å². The van der Waals surface area contributed by atoms with E-state index in [1.165, 1.54) is 15.9 Å². The summed E-state index contributed by atoms with van der Waals surface area (Å²) in [5.74, 6) is -0.154. The number of H-pyrrole nitrogens is 1. The number of anilines is 1. The Kier molecular flexibility index (Phi) is 4.87. The van der Waals surface area contributed by atoms with Gasteiger partial charge in [-0.15, -0.1) is 11.3 Å². The van der Waals surface area contributed by atoms with Gasteiger partial charge in [-0.1, -0.05) is 12.1 Å². The maximum atomic E-state index is 12.5. The Bertz CT molecular complexity index is 1470. The number of hydrogen-bond donors (Lipinski definition) is 3. The zero-order valence-corrected chi connectivity index (χ0v) is 18.9. The number of ether oxygens (including phenoxy) is 1. The molecule has 2 aliphatic heterocycles. The lowest BCUT2D eigenvalue weighted by molar-refractivity contribution is -0.245. The maximum absolute atomic E-state index is 12.5. The lowest BCUT2D eigenvalue weighted by Gasteiger charge is -2.34. The van der Waals surface area contributed by atoms with Crippen molar-refractivity contribution >= 4 is 58.3 Å². The summed E-state index contributed by atoms with van der Waals surface area (Å²) in [6, 6.07) is 7.58. The molecular formula is C17H14N6O7PS2-. The Balaban J connectivity index is 1.47. The number of fused-ring (bicyclic) bond motifs is 3. The van der Waals surface area contributed by atoms with Gasteiger partial charge in [-0.3, -0.25) is 18.9 Å². The van der Waals surface area contributed by atoms with Crippen LogP contribution in [-0.4, -0.2) is 54.5 Å². The third-order valence-corrected chi connectivity index (χ3v) is 8.24. The number of aromatic amines is 1. The molecule has 4 N–H and O–H groups in total. The number of nitrogen functional groups attached to an aromatic ring is 1.